The molecule has 0 spiro atoms. The Kier molecular flexibility index (Phi) is 5.35. The van der Waals surface area contributed by atoms with E-state index in [0.29, 0.717) is 0 Å². The molecule has 3 heteroatoms. The first-order valence-electron chi connectivity index (χ1n) is 5.44. The summed E-state index contributed by atoms with van der Waals surface area (Å²) < 4.78 is 0. The van der Waals surface area contributed by atoms with Gasteiger partial charge < -0.3 is 15.5 Å². The molecule has 1 heterocycles. The summed E-state index contributed by atoms with van der Waals surface area (Å²) in [6.45, 7) is 9.42. The van der Waals surface area contributed by atoms with E-state index in [1.807, 2.05) is 7.05 Å². The SMILES string of the molecule is CCN1CCC(CNCCNC)C1. The highest BCUT2D eigenvalue weighted by Gasteiger charge is 2.19. The van der Waals surface area contributed by atoms with E-state index in [4.69, 9.17) is 0 Å². The molecule has 1 atom stereocenters. The minimum absolute atomic E-state index is 0.886. The molecule has 0 aromatic heterocycles. The second-order valence-electron chi connectivity index (χ2n) is 3.86. The van der Waals surface area contributed by atoms with Gasteiger partial charge in [0.05, 0.1) is 0 Å². The van der Waals surface area contributed by atoms with Crippen LogP contribution < -0.4 is 10.6 Å². The molecule has 13 heavy (non-hydrogen) atoms. The molecule has 3 nitrogen and oxygen atoms in total. The van der Waals surface area contributed by atoms with Crippen LogP contribution in [-0.2, 0) is 0 Å². The van der Waals surface area contributed by atoms with Gasteiger partial charge in [-0.25, -0.2) is 0 Å². The van der Waals surface area contributed by atoms with E-state index in [9.17, 15) is 0 Å². The molecule has 1 fully saturated rings. The average molecular weight is 185 g/mol. The van der Waals surface area contributed by atoms with Crippen LogP contribution in [0.1, 0.15) is 13.3 Å². The van der Waals surface area contributed by atoms with E-state index < -0.39 is 0 Å². The predicted octanol–water partition coefficient (Wildman–Crippen LogP) is 0.137. The van der Waals surface area contributed by atoms with Crippen molar-refractivity contribution in [3.63, 3.8) is 0 Å². The van der Waals surface area contributed by atoms with Crippen LogP contribution in [0.5, 0.6) is 0 Å². The Labute approximate surface area is 81.9 Å². The number of hydrogen-bond acceptors (Lipinski definition) is 3. The normalized spacial score (nSPS) is 24.0. The zero-order chi connectivity index (χ0) is 9.52. The molecule has 1 unspecified atom stereocenters. The fourth-order valence-electron chi connectivity index (χ4n) is 1.89. The van der Waals surface area contributed by atoms with Crippen molar-refractivity contribution in [3.05, 3.63) is 0 Å². The molecule has 0 aliphatic carbocycles. The van der Waals surface area contributed by atoms with Crippen molar-refractivity contribution in [3.8, 4) is 0 Å². The van der Waals surface area contributed by atoms with Gasteiger partial charge in [-0.2, -0.15) is 0 Å². The van der Waals surface area contributed by atoms with E-state index in [0.717, 1.165) is 19.0 Å². The van der Waals surface area contributed by atoms with Crippen LogP contribution in [-0.4, -0.2) is 51.2 Å². The van der Waals surface area contributed by atoms with Gasteiger partial charge in [-0.05, 0) is 39.0 Å². The fourth-order valence-corrected chi connectivity index (χ4v) is 1.89. The zero-order valence-electron chi connectivity index (χ0n) is 8.97. The number of nitrogens with one attached hydrogen (secondary N) is 2. The molecule has 1 rings (SSSR count). The number of hydrogen-bond donors (Lipinski definition) is 2. The summed E-state index contributed by atoms with van der Waals surface area (Å²) in [4.78, 5) is 2.53. The summed E-state index contributed by atoms with van der Waals surface area (Å²) >= 11 is 0. The van der Waals surface area contributed by atoms with E-state index in [2.05, 4.69) is 22.5 Å². The third-order valence-corrected chi connectivity index (χ3v) is 2.80. The maximum Gasteiger partial charge on any atom is 0.00767 e. The lowest BCUT2D eigenvalue weighted by Gasteiger charge is -2.13. The number of likely N-dealkylation sites (tertiary alicyclic amines) is 1. The van der Waals surface area contributed by atoms with Gasteiger partial charge in [-0.1, -0.05) is 6.92 Å². The minimum atomic E-state index is 0.886. The maximum absolute atomic E-state index is 3.48. The molecule has 0 bridgehead atoms. The van der Waals surface area contributed by atoms with Gasteiger partial charge in [-0.3, -0.25) is 0 Å². The van der Waals surface area contributed by atoms with Gasteiger partial charge in [-0.15, -0.1) is 0 Å². The fraction of sp³-hybridized carbons (Fsp3) is 1.00. The first-order chi connectivity index (χ1) is 6.36. The Morgan fingerprint density at radius 1 is 1.38 bits per heavy atom. The van der Waals surface area contributed by atoms with E-state index in [-0.39, 0.29) is 0 Å². The van der Waals surface area contributed by atoms with E-state index in [1.54, 1.807) is 0 Å². The van der Waals surface area contributed by atoms with Gasteiger partial charge in [0.25, 0.3) is 0 Å². The maximum atomic E-state index is 3.48. The highest BCUT2D eigenvalue weighted by atomic mass is 15.1. The van der Waals surface area contributed by atoms with Gasteiger partial charge in [0, 0.05) is 19.6 Å². The Bertz CT molecular complexity index is 127. The molecule has 0 saturated carbocycles. The van der Waals surface area contributed by atoms with Gasteiger partial charge >= 0.3 is 0 Å². The van der Waals surface area contributed by atoms with Crippen LogP contribution in [0, 0.1) is 5.92 Å². The van der Waals surface area contributed by atoms with Crippen LogP contribution in [0.15, 0.2) is 0 Å². The Balaban J connectivity index is 1.97. The van der Waals surface area contributed by atoms with Crippen molar-refractivity contribution in [2.75, 3.05) is 46.3 Å². The monoisotopic (exact) mass is 185 g/mol. The number of likely N-dealkylation sites (N-methyl/N-ethyl adjacent to an activating group) is 1. The smallest absolute Gasteiger partial charge is 0.00767 e. The minimum Gasteiger partial charge on any atom is -0.318 e. The predicted molar refractivity (Wildman–Crippen MR) is 57.0 cm³/mol. The van der Waals surface area contributed by atoms with Crippen LogP contribution >= 0.6 is 0 Å². The van der Waals surface area contributed by atoms with Crippen molar-refractivity contribution in [1.82, 2.24) is 15.5 Å². The van der Waals surface area contributed by atoms with E-state index >= 15 is 0 Å². The summed E-state index contributed by atoms with van der Waals surface area (Å²) in [6.07, 6.45) is 1.38. The highest BCUT2D eigenvalue weighted by molar-refractivity contribution is 4.76. The molecule has 1 aliphatic heterocycles. The second kappa shape index (κ2) is 6.35. The lowest BCUT2D eigenvalue weighted by Crippen LogP contribution is -2.30. The topological polar surface area (TPSA) is 27.3 Å². The van der Waals surface area contributed by atoms with Gasteiger partial charge in [0.1, 0.15) is 0 Å². The molecule has 0 radical (unpaired) electrons. The van der Waals surface area contributed by atoms with Crippen LogP contribution in [0.25, 0.3) is 0 Å². The Hall–Kier alpha value is -0.120. The van der Waals surface area contributed by atoms with Crippen molar-refractivity contribution in [2.45, 2.75) is 13.3 Å². The van der Waals surface area contributed by atoms with Crippen LogP contribution in [0.4, 0.5) is 0 Å². The third kappa shape index (κ3) is 4.07. The standard InChI is InChI=1S/C10H23N3/c1-3-13-7-4-10(9-13)8-12-6-5-11-2/h10-12H,3-9H2,1-2H3. The third-order valence-electron chi connectivity index (χ3n) is 2.80. The van der Waals surface area contributed by atoms with Crippen molar-refractivity contribution >= 4 is 0 Å². The number of rotatable bonds is 6. The summed E-state index contributed by atoms with van der Waals surface area (Å²) in [7, 11) is 2.00. The van der Waals surface area contributed by atoms with Gasteiger partial charge in [0.2, 0.25) is 0 Å². The molecule has 0 aromatic rings. The molecular formula is C10H23N3. The lowest BCUT2D eigenvalue weighted by atomic mass is 10.1. The van der Waals surface area contributed by atoms with E-state index in [1.165, 1.54) is 32.6 Å². The summed E-state index contributed by atoms with van der Waals surface area (Å²) in [6, 6.07) is 0. The quantitative estimate of drug-likeness (QED) is 0.576. The molecule has 1 saturated heterocycles. The Morgan fingerprint density at radius 3 is 2.85 bits per heavy atom. The molecule has 2 N–H and O–H groups in total. The molecule has 78 valence electrons. The summed E-state index contributed by atoms with van der Waals surface area (Å²) in [5, 5.41) is 6.62. The first-order valence-corrected chi connectivity index (χ1v) is 5.44. The Morgan fingerprint density at radius 2 is 2.23 bits per heavy atom. The van der Waals surface area contributed by atoms with Gasteiger partial charge in [0.15, 0.2) is 0 Å². The molecule has 0 amide bonds. The molecular weight excluding hydrogens is 162 g/mol. The van der Waals surface area contributed by atoms with Crippen molar-refractivity contribution < 1.29 is 0 Å². The second-order valence-corrected chi connectivity index (χ2v) is 3.86. The van der Waals surface area contributed by atoms with Crippen LogP contribution in [0.3, 0.4) is 0 Å². The molecule has 0 aromatic carbocycles. The van der Waals surface area contributed by atoms with Crippen molar-refractivity contribution in [2.24, 2.45) is 5.92 Å². The first kappa shape index (κ1) is 11.0. The molecule has 1 aliphatic rings. The largest absolute Gasteiger partial charge is 0.318 e. The number of nitrogens with zero attached hydrogens (tertiary/aromatic N) is 1. The zero-order valence-corrected chi connectivity index (χ0v) is 8.97. The van der Waals surface area contributed by atoms with Crippen molar-refractivity contribution in [1.29, 1.82) is 0 Å². The van der Waals surface area contributed by atoms with Crippen LogP contribution in [0.2, 0.25) is 0 Å². The highest BCUT2D eigenvalue weighted by Crippen LogP contribution is 2.14. The summed E-state index contributed by atoms with van der Waals surface area (Å²) in [5.74, 6) is 0.886. The average Bonchev–Trinajstić information content (AvgIpc) is 2.60. The lowest BCUT2D eigenvalue weighted by molar-refractivity contribution is 0.339. The summed E-state index contributed by atoms with van der Waals surface area (Å²) in [5.41, 5.74) is 0.